The molecule has 0 saturated heterocycles. The molecule has 8 heteroatoms. The van der Waals surface area contributed by atoms with Gasteiger partial charge in [-0.1, -0.05) is 60.7 Å². The van der Waals surface area contributed by atoms with E-state index in [4.69, 9.17) is 0 Å². The number of aryl methyl sites for hydroxylation is 2. The highest BCUT2D eigenvalue weighted by atomic mass is 32.2. The topological polar surface area (TPSA) is 101 Å². The number of fused-ring (bicyclic) bond motifs is 2. The van der Waals surface area contributed by atoms with Crippen molar-refractivity contribution in [2.24, 2.45) is 0 Å². The van der Waals surface area contributed by atoms with Crippen molar-refractivity contribution in [2.45, 2.75) is 43.5 Å². The van der Waals surface area contributed by atoms with Crippen LogP contribution in [0.4, 0.5) is 0 Å². The number of nitrogens with one attached hydrogen (secondary N) is 1. The Hall–Kier alpha value is -2.78. The predicted octanol–water partition coefficient (Wildman–Crippen LogP) is 5.21. The van der Waals surface area contributed by atoms with Crippen molar-refractivity contribution in [3.63, 3.8) is 0 Å². The van der Waals surface area contributed by atoms with Crippen LogP contribution in [0.3, 0.4) is 0 Å². The molecule has 33 heavy (non-hydrogen) atoms. The van der Waals surface area contributed by atoms with E-state index in [9.17, 15) is 21.4 Å². The van der Waals surface area contributed by atoms with Gasteiger partial charge in [-0.25, -0.2) is 13.1 Å². The highest BCUT2D eigenvalue weighted by Crippen LogP contribution is 2.44. The SMILES string of the molecule is Cc1cc2ccccc2c(-c2c(S(=O)(=O)NC(C)C)c(C)cc3ccccc23)c1S(=O)(=O)O. The van der Waals surface area contributed by atoms with Gasteiger partial charge in [-0.15, -0.1) is 0 Å². The molecule has 0 aliphatic rings. The zero-order valence-corrected chi connectivity index (χ0v) is 20.4. The number of sulfonamides is 1. The fraction of sp³-hybridized carbons (Fsp3) is 0.200. The Kier molecular flexibility index (Phi) is 5.82. The van der Waals surface area contributed by atoms with Gasteiger partial charge in [-0.2, -0.15) is 8.42 Å². The van der Waals surface area contributed by atoms with Gasteiger partial charge in [0.05, 0.1) is 4.90 Å². The zero-order chi connectivity index (χ0) is 24.1. The summed E-state index contributed by atoms with van der Waals surface area (Å²) in [6, 6.07) is 17.5. The molecule has 4 aromatic rings. The van der Waals surface area contributed by atoms with Crippen molar-refractivity contribution < 1.29 is 21.4 Å². The van der Waals surface area contributed by atoms with Crippen LogP contribution in [0.1, 0.15) is 25.0 Å². The maximum absolute atomic E-state index is 13.6. The molecular formula is C25H25NO5S2. The van der Waals surface area contributed by atoms with E-state index >= 15 is 0 Å². The van der Waals surface area contributed by atoms with Crippen LogP contribution < -0.4 is 4.72 Å². The molecule has 0 atom stereocenters. The molecule has 0 fully saturated rings. The van der Waals surface area contributed by atoms with E-state index in [1.54, 1.807) is 64.1 Å². The third-order valence-electron chi connectivity index (χ3n) is 5.54. The monoisotopic (exact) mass is 483 g/mol. The summed E-state index contributed by atoms with van der Waals surface area (Å²) in [7, 11) is -8.72. The molecule has 4 rings (SSSR count). The van der Waals surface area contributed by atoms with Crippen LogP contribution in [-0.2, 0) is 20.1 Å². The van der Waals surface area contributed by atoms with E-state index in [1.807, 2.05) is 24.3 Å². The molecule has 0 bridgehead atoms. The summed E-state index contributed by atoms with van der Waals surface area (Å²) in [5, 5.41) is 2.61. The van der Waals surface area contributed by atoms with Gasteiger partial charge >= 0.3 is 0 Å². The van der Waals surface area contributed by atoms with E-state index in [0.717, 1.165) is 10.8 Å². The van der Waals surface area contributed by atoms with Crippen LogP contribution in [0.2, 0.25) is 0 Å². The maximum Gasteiger partial charge on any atom is 0.295 e. The first-order chi connectivity index (χ1) is 15.4. The normalized spacial score (nSPS) is 12.7. The molecule has 0 radical (unpaired) electrons. The fourth-order valence-corrected chi connectivity index (χ4v) is 7.12. The molecule has 0 aliphatic heterocycles. The Bertz CT molecular complexity index is 1620. The van der Waals surface area contributed by atoms with Gasteiger partial charge < -0.3 is 0 Å². The van der Waals surface area contributed by atoms with Gasteiger partial charge in [0.25, 0.3) is 10.1 Å². The number of hydrogen-bond donors (Lipinski definition) is 2. The van der Waals surface area contributed by atoms with E-state index < -0.39 is 20.1 Å². The van der Waals surface area contributed by atoms with Crippen molar-refractivity contribution in [1.82, 2.24) is 4.72 Å². The maximum atomic E-state index is 13.6. The van der Waals surface area contributed by atoms with Crippen molar-refractivity contribution >= 4 is 41.7 Å². The first-order valence-electron chi connectivity index (χ1n) is 10.5. The van der Waals surface area contributed by atoms with Crippen molar-refractivity contribution in [3.8, 4) is 11.1 Å². The summed E-state index contributed by atoms with van der Waals surface area (Å²) in [6.07, 6.45) is 0. The molecule has 2 N–H and O–H groups in total. The Labute approximate surface area is 194 Å². The van der Waals surface area contributed by atoms with Crippen LogP contribution in [-0.4, -0.2) is 27.4 Å². The minimum Gasteiger partial charge on any atom is -0.282 e. The van der Waals surface area contributed by atoms with E-state index in [0.29, 0.717) is 21.9 Å². The Balaban J connectivity index is 2.36. The quantitative estimate of drug-likeness (QED) is 0.380. The standard InChI is InChI=1S/C25H25NO5S2/c1-15(2)26-32(27,28)24-16(3)13-18-9-5-7-11-20(18)22(24)23-21-12-8-6-10-19(21)14-17(4)25(23)33(29,30)31/h5-15,26H,1-4H3,(H,29,30,31). The Morgan fingerprint density at radius 2 is 1.15 bits per heavy atom. The summed E-state index contributed by atoms with van der Waals surface area (Å²) in [5.74, 6) is 0. The summed E-state index contributed by atoms with van der Waals surface area (Å²) >= 11 is 0. The molecule has 6 nitrogen and oxygen atoms in total. The molecule has 0 amide bonds. The number of benzene rings is 4. The second-order valence-electron chi connectivity index (χ2n) is 8.49. The van der Waals surface area contributed by atoms with Gasteiger partial charge in [-0.05, 0) is 60.4 Å². The highest BCUT2D eigenvalue weighted by Gasteiger charge is 2.30. The van der Waals surface area contributed by atoms with Crippen LogP contribution in [0.15, 0.2) is 70.5 Å². The third-order valence-corrected chi connectivity index (χ3v) is 8.43. The van der Waals surface area contributed by atoms with Gasteiger partial charge in [0.1, 0.15) is 4.90 Å². The van der Waals surface area contributed by atoms with Gasteiger partial charge in [0.2, 0.25) is 10.0 Å². The summed E-state index contributed by atoms with van der Waals surface area (Å²) in [5.41, 5.74) is 1.24. The van der Waals surface area contributed by atoms with Crippen molar-refractivity contribution in [1.29, 1.82) is 0 Å². The Morgan fingerprint density at radius 3 is 1.61 bits per heavy atom. The van der Waals surface area contributed by atoms with E-state index in [-0.39, 0.29) is 27.0 Å². The average Bonchev–Trinajstić information content (AvgIpc) is 2.69. The molecule has 0 heterocycles. The number of hydrogen-bond acceptors (Lipinski definition) is 4. The molecule has 0 saturated carbocycles. The summed E-state index contributed by atoms with van der Waals surface area (Å²) in [4.78, 5) is -0.298. The first kappa shape index (κ1) is 23.4. The van der Waals surface area contributed by atoms with Crippen molar-refractivity contribution in [3.05, 3.63) is 71.8 Å². The minimum atomic E-state index is -4.69. The molecule has 0 aromatic heterocycles. The largest absolute Gasteiger partial charge is 0.295 e. The molecule has 4 aromatic carbocycles. The van der Waals surface area contributed by atoms with Gasteiger partial charge in [0.15, 0.2) is 0 Å². The van der Waals surface area contributed by atoms with Gasteiger partial charge in [0, 0.05) is 17.2 Å². The highest BCUT2D eigenvalue weighted by molar-refractivity contribution is 7.89. The Morgan fingerprint density at radius 1 is 0.727 bits per heavy atom. The molecule has 0 spiro atoms. The molecule has 0 aliphatic carbocycles. The fourth-order valence-electron chi connectivity index (χ4n) is 4.48. The second kappa shape index (κ2) is 8.22. The minimum absolute atomic E-state index is 0.00412. The second-order valence-corrected chi connectivity index (χ2v) is 11.5. The zero-order valence-electron chi connectivity index (χ0n) is 18.7. The van der Waals surface area contributed by atoms with E-state index in [1.165, 1.54) is 0 Å². The van der Waals surface area contributed by atoms with Crippen molar-refractivity contribution in [2.75, 3.05) is 0 Å². The smallest absolute Gasteiger partial charge is 0.282 e. The van der Waals surface area contributed by atoms with Crippen LogP contribution in [0.5, 0.6) is 0 Å². The third kappa shape index (κ3) is 4.15. The lowest BCUT2D eigenvalue weighted by atomic mass is 9.91. The molecular weight excluding hydrogens is 458 g/mol. The van der Waals surface area contributed by atoms with Gasteiger partial charge in [-0.3, -0.25) is 4.55 Å². The first-order valence-corrected chi connectivity index (χ1v) is 13.4. The van der Waals surface area contributed by atoms with Crippen LogP contribution in [0, 0.1) is 13.8 Å². The molecule has 172 valence electrons. The molecule has 0 unspecified atom stereocenters. The van der Waals surface area contributed by atoms with E-state index in [2.05, 4.69) is 4.72 Å². The number of rotatable bonds is 5. The summed E-state index contributed by atoms with van der Waals surface area (Å²) < 4.78 is 65.3. The summed E-state index contributed by atoms with van der Waals surface area (Å²) in [6.45, 7) is 6.73. The lowest BCUT2D eigenvalue weighted by molar-refractivity contribution is 0.483. The average molecular weight is 484 g/mol. The van der Waals surface area contributed by atoms with Crippen LogP contribution in [0.25, 0.3) is 32.7 Å². The lowest BCUT2D eigenvalue weighted by Crippen LogP contribution is -2.31. The van der Waals surface area contributed by atoms with Crippen LogP contribution >= 0.6 is 0 Å². The lowest BCUT2D eigenvalue weighted by Gasteiger charge is -2.22. The predicted molar refractivity (Wildman–Crippen MR) is 132 cm³/mol.